The van der Waals surface area contributed by atoms with E-state index >= 15 is 0 Å². The van der Waals surface area contributed by atoms with Crippen LogP contribution in [0.1, 0.15) is 34.8 Å². The second-order valence-corrected chi connectivity index (χ2v) is 9.80. The van der Waals surface area contributed by atoms with Gasteiger partial charge in [0.25, 0.3) is 5.91 Å². The zero-order valence-electron chi connectivity index (χ0n) is 18.6. The molecule has 32 heavy (non-hydrogen) atoms. The number of nitrogens with two attached hydrogens (primary N) is 1. The summed E-state index contributed by atoms with van der Waals surface area (Å²) in [5, 5.41) is 7.46. The molecule has 3 aromatic rings. The standard InChI is InChI=1S/C24H29N5O2S/c1-13-4-7-19-21(25)22(32-24(19)27-13)23(30)28-17-10-16-5-6-18(11-20(16)31-12-17)29-9-8-26-14(2)15(29)3/h4-7,11,14-15,17,26H,8-10,12,25H2,1-3H3,(H,28,30)/t14-,15+,17+/m1/s1. The highest BCUT2D eigenvalue weighted by Gasteiger charge is 2.28. The Balaban J connectivity index is 1.30. The minimum absolute atomic E-state index is 0.0988. The van der Waals surface area contributed by atoms with Crippen LogP contribution in [0.25, 0.3) is 10.2 Å². The Morgan fingerprint density at radius 1 is 1.31 bits per heavy atom. The Kier molecular flexibility index (Phi) is 5.43. The topological polar surface area (TPSA) is 92.5 Å². The molecule has 3 atom stereocenters. The normalized spacial score (nSPS) is 23.0. The Hall–Kier alpha value is -2.84. The maximum absolute atomic E-state index is 13.0. The molecule has 2 aliphatic rings. The van der Waals surface area contributed by atoms with E-state index in [-0.39, 0.29) is 11.9 Å². The van der Waals surface area contributed by atoms with E-state index in [0.717, 1.165) is 46.7 Å². The molecule has 0 aliphatic carbocycles. The molecule has 168 valence electrons. The number of hydrogen-bond donors (Lipinski definition) is 3. The Labute approximate surface area is 192 Å². The smallest absolute Gasteiger partial charge is 0.263 e. The molecule has 4 N–H and O–H groups in total. The Bertz CT molecular complexity index is 1180. The van der Waals surface area contributed by atoms with Crippen LogP contribution in [0, 0.1) is 6.92 Å². The number of piperazine rings is 1. The summed E-state index contributed by atoms with van der Waals surface area (Å²) in [7, 11) is 0. The number of aromatic nitrogens is 1. The fourth-order valence-electron chi connectivity index (χ4n) is 4.56. The number of hydrogen-bond acceptors (Lipinski definition) is 7. The van der Waals surface area contributed by atoms with Gasteiger partial charge >= 0.3 is 0 Å². The molecule has 5 rings (SSSR count). The van der Waals surface area contributed by atoms with Crippen molar-refractivity contribution < 1.29 is 9.53 Å². The summed E-state index contributed by atoms with van der Waals surface area (Å²) in [6.07, 6.45) is 0.733. The molecular formula is C24H29N5O2S. The van der Waals surface area contributed by atoms with E-state index in [1.54, 1.807) is 0 Å². The van der Waals surface area contributed by atoms with Crippen molar-refractivity contribution in [3.63, 3.8) is 0 Å². The number of benzene rings is 1. The first-order valence-electron chi connectivity index (χ1n) is 11.1. The molecule has 0 bridgehead atoms. The van der Waals surface area contributed by atoms with Gasteiger partial charge in [0.05, 0.1) is 11.7 Å². The number of amides is 1. The predicted molar refractivity (Wildman–Crippen MR) is 130 cm³/mol. The first kappa shape index (κ1) is 21.0. The number of anilines is 2. The number of pyridine rings is 1. The van der Waals surface area contributed by atoms with Crippen LogP contribution in [0.3, 0.4) is 0 Å². The molecule has 8 heteroatoms. The highest BCUT2D eigenvalue weighted by molar-refractivity contribution is 7.21. The average molecular weight is 452 g/mol. The number of carbonyl (C=O) groups is 1. The maximum Gasteiger partial charge on any atom is 0.263 e. The van der Waals surface area contributed by atoms with Crippen molar-refractivity contribution in [2.45, 2.75) is 45.3 Å². The van der Waals surface area contributed by atoms with Crippen LogP contribution in [0.4, 0.5) is 11.4 Å². The minimum atomic E-state index is -0.166. The third-order valence-electron chi connectivity index (χ3n) is 6.60. The van der Waals surface area contributed by atoms with Crippen molar-refractivity contribution in [2.75, 3.05) is 30.3 Å². The van der Waals surface area contributed by atoms with E-state index in [0.29, 0.717) is 29.3 Å². The molecule has 1 fully saturated rings. The number of thiophene rings is 1. The Morgan fingerprint density at radius 2 is 2.16 bits per heavy atom. The van der Waals surface area contributed by atoms with Crippen LogP contribution in [0.15, 0.2) is 30.3 Å². The molecule has 1 amide bonds. The summed E-state index contributed by atoms with van der Waals surface area (Å²) in [6, 6.07) is 11.0. The highest BCUT2D eigenvalue weighted by atomic mass is 32.1. The van der Waals surface area contributed by atoms with Gasteiger partial charge in [0, 0.05) is 48.0 Å². The van der Waals surface area contributed by atoms with Gasteiger partial charge in [0.15, 0.2) is 0 Å². The number of fused-ring (bicyclic) bond motifs is 2. The van der Waals surface area contributed by atoms with Crippen molar-refractivity contribution >= 4 is 38.8 Å². The lowest BCUT2D eigenvalue weighted by atomic mass is 10.0. The quantitative estimate of drug-likeness (QED) is 0.567. The summed E-state index contributed by atoms with van der Waals surface area (Å²) in [6.45, 7) is 8.80. The zero-order chi connectivity index (χ0) is 22.4. The van der Waals surface area contributed by atoms with Crippen LogP contribution in [0.5, 0.6) is 5.75 Å². The number of nitrogens with zero attached hydrogens (tertiary/aromatic N) is 2. The third-order valence-corrected chi connectivity index (χ3v) is 7.71. The molecule has 7 nitrogen and oxygen atoms in total. The van der Waals surface area contributed by atoms with E-state index < -0.39 is 0 Å². The van der Waals surface area contributed by atoms with E-state index in [9.17, 15) is 4.79 Å². The van der Waals surface area contributed by atoms with Crippen molar-refractivity contribution in [1.82, 2.24) is 15.6 Å². The average Bonchev–Trinajstić information content (AvgIpc) is 3.11. The minimum Gasteiger partial charge on any atom is -0.491 e. The van der Waals surface area contributed by atoms with Gasteiger partial charge in [-0.3, -0.25) is 4.79 Å². The van der Waals surface area contributed by atoms with Gasteiger partial charge in [0.1, 0.15) is 22.1 Å². The van der Waals surface area contributed by atoms with Crippen molar-refractivity contribution in [3.8, 4) is 5.75 Å². The van der Waals surface area contributed by atoms with Gasteiger partial charge in [-0.25, -0.2) is 4.98 Å². The summed E-state index contributed by atoms with van der Waals surface area (Å²) in [5.41, 5.74) is 9.96. The number of ether oxygens (including phenoxy) is 1. The van der Waals surface area contributed by atoms with Crippen LogP contribution in [-0.4, -0.2) is 48.7 Å². The number of carbonyl (C=O) groups excluding carboxylic acids is 1. The fraction of sp³-hybridized carbons (Fsp3) is 0.417. The van der Waals surface area contributed by atoms with Gasteiger partial charge in [-0.1, -0.05) is 6.07 Å². The largest absolute Gasteiger partial charge is 0.491 e. The van der Waals surface area contributed by atoms with Crippen molar-refractivity contribution in [3.05, 3.63) is 46.5 Å². The molecule has 2 aliphatic heterocycles. The summed E-state index contributed by atoms with van der Waals surface area (Å²) < 4.78 is 6.07. The molecule has 2 aromatic heterocycles. The molecule has 1 saturated heterocycles. The molecule has 0 unspecified atom stereocenters. The Morgan fingerprint density at radius 3 is 3.00 bits per heavy atom. The molecule has 0 spiro atoms. The third kappa shape index (κ3) is 3.78. The van der Waals surface area contributed by atoms with Gasteiger partial charge in [-0.05, 0) is 51.0 Å². The fourth-order valence-corrected chi connectivity index (χ4v) is 5.61. The first-order chi connectivity index (χ1) is 15.4. The number of aryl methyl sites for hydroxylation is 1. The number of nitrogen functional groups attached to an aromatic ring is 1. The van der Waals surface area contributed by atoms with E-state index in [2.05, 4.69) is 52.6 Å². The van der Waals surface area contributed by atoms with Crippen LogP contribution < -0.4 is 26.0 Å². The summed E-state index contributed by atoms with van der Waals surface area (Å²) in [4.78, 5) is 21.2. The first-order valence-corrected chi connectivity index (χ1v) is 11.9. The molecule has 0 saturated carbocycles. The van der Waals surface area contributed by atoms with E-state index in [1.807, 2.05) is 19.1 Å². The number of rotatable bonds is 3. The van der Waals surface area contributed by atoms with Crippen molar-refractivity contribution in [1.29, 1.82) is 0 Å². The van der Waals surface area contributed by atoms with Crippen LogP contribution in [-0.2, 0) is 6.42 Å². The van der Waals surface area contributed by atoms with Gasteiger partial charge in [0.2, 0.25) is 0 Å². The summed E-state index contributed by atoms with van der Waals surface area (Å²) in [5.74, 6) is 0.743. The van der Waals surface area contributed by atoms with Gasteiger partial charge < -0.3 is 26.0 Å². The van der Waals surface area contributed by atoms with Gasteiger partial charge in [-0.2, -0.15) is 0 Å². The predicted octanol–water partition coefficient (Wildman–Crippen LogP) is 3.11. The molecule has 1 aromatic carbocycles. The SMILES string of the molecule is Cc1ccc2c(N)c(C(=O)N[C@@H]3COc4cc(N5CCN[C@H](C)[C@@H]5C)ccc4C3)sc2n1. The van der Waals surface area contributed by atoms with Crippen molar-refractivity contribution in [2.24, 2.45) is 0 Å². The second kappa shape index (κ2) is 8.26. The maximum atomic E-state index is 13.0. The second-order valence-electron chi connectivity index (χ2n) is 8.80. The molecule has 0 radical (unpaired) electrons. The lowest BCUT2D eigenvalue weighted by Crippen LogP contribution is -2.55. The lowest BCUT2D eigenvalue weighted by molar-refractivity contribution is 0.0920. The highest BCUT2D eigenvalue weighted by Crippen LogP contribution is 2.34. The van der Waals surface area contributed by atoms with Crippen LogP contribution in [0.2, 0.25) is 0 Å². The van der Waals surface area contributed by atoms with Crippen LogP contribution >= 0.6 is 11.3 Å². The molecular weight excluding hydrogens is 422 g/mol. The lowest BCUT2D eigenvalue weighted by Gasteiger charge is -2.40. The summed E-state index contributed by atoms with van der Waals surface area (Å²) >= 11 is 1.34. The number of nitrogens with one attached hydrogen (secondary N) is 2. The zero-order valence-corrected chi connectivity index (χ0v) is 19.5. The van der Waals surface area contributed by atoms with Gasteiger partial charge in [-0.15, -0.1) is 11.3 Å². The molecule has 4 heterocycles. The van der Waals surface area contributed by atoms with E-state index in [4.69, 9.17) is 10.5 Å². The van der Waals surface area contributed by atoms with E-state index in [1.165, 1.54) is 17.0 Å². The monoisotopic (exact) mass is 451 g/mol.